The van der Waals surface area contributed by atoms with Crippen molar-refractivity contribution in [3.8, 4) is 46.0 Å². The van der Waals surface area contributed by atoms with E-state index < -0.39 is 23.5 Å². The zero-order valence-corrected chi connectivity index (χ0v) is 26.7. The van der Waals surface area contributed by atoms with Crippen molar-refractivity contribution in [1.82, 2.24) is 0 Å². The molecule has 5 rings (SSSR count). The van der Waals surface area contributed by atoms with Gasteiger partial charge in [-0.25, -0.2) is 0 Å². The Morgan fingerprint density at radius 3 is 2.06 bits per heavy atom. The highest BCUT2D eigenvalue weighted by atomic mass is 16.3. The van der Waals surface area contributed by atoms with Crippen LogP contribution in [0, 0.1) is 5.92 Å². The molecule has 1 aliphatic rings. The number of allylic oxidation sites excluding steroid dienone is 4. The van der Waals surface area contributed by atoms with Gasteiger partial charge < -0.3 is 40.9 Å². The average Bonchev–Trinajstić information content (AvgIpc) is 3.00. The minimum Gasteiger partial charge on any atom is -0.508 e. The van der Waals surface area contributed by atoms with Crippen LogP contribution in [0.25, 0.3) is 12.2 Å². The first kappa shape index (κ1) is 33.5. The quantitative estimate of drug-likeness (QED) is 0.0410. The van der Waals surface area contributed by atoms with Gasteiger partial charge in [0.15, 0.2) is 5.78 Å². The van der Waals surface area contributed by atoms with E-state index in [-0.39, 0.29) is 69.1 Å². The first-order valence-corrected chi connectivity index (χ1v) is 15.4. The second kappa shape index (κ2) is 13.5. The van der Waals surface area contributed by atoms with Gasteiger partial charge in [0, 0.05) is 40.5 Å². The van der Waals surface area contributed by atoms with Crippen LogP contribution in [0.2, 0.25) is 0 Å². The monoisotopic (exact) mass is 650 g/mol. The number of phenolic OH excluding ortho intramolecular Hbond substituents is 8. The van der Waals surface area contributed by atoms with Gasteiger partial charge in [-0.1, -0.05) is 41.5 Å². The van der Waals surface area contributed by atoms with Crippen LogP contribution in [-0.4, -0.2) is 46.6 Å². The fourth-order valence-corrected chi connectivity index (χ4v) is 6.41. The Kier molecular flexibility index (Phi) is 9.43. The van der Waals surface area contributed by atoms with Crippen molar-refractivity contribution < 1.29 is 45.6 Å². The maximum absolute atomic E-state index is 14.6. The van der Waals surface area contributed by atoms with Gasteiger partial charge in [0.25, 0.3) is 0 Å². The van der Waals surface area contributed by atoms with Crippen LogP contribution in [0.4, 0.5) is 0 Å². The number of ketones is 1. The molecule has 0 aromatic heterocycles. The van der Waals surface area contributed by atoms with Crippen molar-refractivity contribution in [2.24, 2.45) is 5.92 Å². The summed E-state index contributed by atoms with van der Waals surface area (Å²) >= 11 is 0. The Morgan fingerprint density at radius 1 is 0.750 bits per heavy atom. The number of carbonyl (C=O) groups excluding carboxylic acids is 1. The smallest absolute Gasteiger partial charge is 0.171 e. The van der Waals surface area contributed by atoms with Crippen molar-refractivity contribution in [2.45, 2.75) is 45.4 Å². The van der Waals surface area contributed by atoms with Crippen molar-refractivity contribution in [1.29, 1.82) is 0 Å². The van der Waals surface area contributed by atoms with Crippen LogP contribution in [-0.2, 0) is 6.42 Å². The maximum atomic E-state index is 14.6. The van der Waals surface area contributed by atoms with Crippen LogP contribution < -0.4 is 0 Å². The molecule has 0 aliphatic heterocycles. The van der Waals surface area contributed by atoms with Gasteiger partial charge in [0.05, 0.1) is 5.56 Å². The third-order valence-corrected chi connectivity index (χ3v) is 8.74. The number of carbonyl (C=O) groups is 1. The van der Waals surface area contributed by atoms with Crippen molar-refractivity contribution >= 4 is 17.9 Å². The SMILES string of the molecule is CC(C)=CCc1c(O)ccc(C(=O)[C@H]2[C@@H](c3c(O)cc(/C=C/c4cc(O)ccc4O)cc3O)C=C(C)C[C@@H]2c2ccc(O)cc2O)c1O. The van der Waals surface area contributed by atoms with E-state index in [4.69, 9.17) is 0 Å². The number of aromatic hydroxyl groups is 8. The molecular weight excluding hydrogens is 612 g/mol. The summed E-state index contributed by atoms with van der Waals surface area (Å²) in [6.07, 6.45) is 7.10. The largest absolute Gasteiger partial charge is 0.508 e. The molecule has 4 aromatic carbocycles. The van der Waals surface area contributed by atoms with Gasteiger partial charge in [-0.2, -0.15) is 0 Å². The summed E-state index contributed by atoms with van der Waals surface area (Å²) in [4.78, 5) is 14.6. The Hall–Kier alpha value is -5.83. The molecule has 0 amide bonds. The minimum atomic E-state index is -1.07. The van der Waals surface area contributed by atoms with E-state index in [1.165, 1.54) is 72.8 Å². The maximum Gasteiger partial charge on any atom is 0.171 e. The number of benzene rings is 4. The minimum absolute atomic E-state index is 0.0519. The standard InChI is InChI=1S/C39H38O9/c1-20(2)4-9-27-32(43)13-11-28(38(27)47)39(48)36-29(26-10-7-25(41)19-33(26)44)14-21(3)15-30(36)37-34(45)16-22(17-35(37)46)5-6-23-18-24(40)8-12-31(23)42/h4-8,10-13,15-19,29-30,36,40-47H,9,14H2,1-3H3/b6-5+/t29-,30+,36-/m1/s1. The number of phenols is 8. The first-order chi connectivity index (χ1) is 22.7. The molecule has 0 heterocycles. The number of Topliss-reactive ketones (excluding diaryl/α,β-unsaturated/α-hetero) is 1. The molecular formula is C39H38O9. The topological polar surface area (TPSA) is 179 Å². The van der Waals surface area contributed by atoms with E-state index in [9.17, 15) is 45.6 Å². The predicted octanol–water partition coefficient (Wildman–Crippen LogP) is 7.73. The van der Waals surface area contributed by atoms with Crippen molar-refractivity contribution in [2.75, 3.05) is 0 Å². The summed E-state index contributed by atoms with van der Waals surface area (Å²) in [7, 11) is 0. The highest BCUT2D eigenvalue weighted by molar-refractivity contribution is 6.02. The summed E-state index contributed by atoms with van der Waals surface area (Å²) in [5, 5.41) is 85.5. The van der Waals surface area contributed by atoms with E-state index in [1.54, 1.807) is 6.08 Å². The Labute approximate surface area is 278 Å². The Bertz CT molecular complexity index is 1960. The molecule has 0 saturated carbocycles. The molecule has 9 heteroatoms. The summed E-state index contributed by atoms with van der Waals surface area (Å²) < 4.78 is 0. The first-order valence-electron chi connectivity index (χ1n) is 15.4. The van der Waals surface area contributed by atoms with Crippen LogP contribution in [0.5, 0.6) is 46.0 Å². The second-order valence-electron chi connectivity index (χ2n) is 12.5. The second-order valence-corrected chi connectivity index (χ2v) is 12.5. The molecule has 9 nitrogen and oxygen atoms in total. The Balaban J connectivity index is 1.65. The summed E-state index contributed by atoms with van der Waals surface area (Å²) in [5.74, 6) is -5.02. The molecule has 0 radical (unpaired) electrons. The van der Waals surface area contributed by atoms with E-state index in [0.717, 1.165) is 11.1 Å². The van der Waals surface area contributed by atoms with Crippen LogP contribution >= 0.6 is 0 Å². The lowest BCUT2D eigenvalue weighted by Gasteiger charge is -2.37. The highest BCUT2D eigenvalue weighted by Gasteiger charge is 2.43. The molecule has 3 atom stereocenters. The van der Waals surface area contributed by atoms with Gasteiger partial charge in [-0.05, 0) is 93.3 Å². The lowest BCUT2D eigenvalue weighted by atomic mass is 9.65. The molecule has 0 saturated heterocycles. The summed E-state index contributed by atoms with van der Waals surface area (Å²) in [5.41, 5.74) is 2.94. The fraction of sp³-hybridized carbons (Fsp3) is 0.205. The van der Waals surface area contributed by atoms with Crippen LogP contribution in [0.15, 0.2) is 84.0 Å². The van der Waals surface area contributed by atoms with Gasteiger partial charge in [0.1, 0.15) is 46.0 Å². The molecule has 0 bridgehead atoms. The van der Waals surface area contributed by atoms with Gasteiger partial charge in [-0.3, -0.25) is 4.79 Å². The van der Waals surface area contributed by atoms with Crippen molar-refractivity contribution in [3.05, 3.63) is 117 Å². The number of rotatable bonds is 8. The number of hydrogen-bond donors (Lipinski definition) is 8. The lowest BCUT2D eigenvalue weighted by Crippen LogP contribution is -2.31. The zero-order valence-electron chi connectivity index (χ0n) is 26.7. The number of hydrogen-bond acceptors (Lipinski definition) is 9. The molecule has 8 N–H and O–H groups in total. The molecule has 0 unspecified atom stereocenters. The third-order valence-electron chi connectivity index (χ3n) is 8.74. The normalized spacial score (nSPS) is 17.6. The lowest BCUT2D eigenvalue weighted by molar-refractivity contribution is 0.0876. The predicted molar refractivity (Wildman–Crippen MR) is 183 cm³/mol. The fourth-order valence-electron chi connectivity index (χ4n) is 6.41. The third kappa shape index (κ3) is 6.80. The van der Waals surface area contributed by atoms with Crippen LogP contribution in [0.1, 0.15) is 77.2 Å². The molecule has 0 spiro atoms. The molecule has 4 aromatic rings. The van der Waals surface area contributed by atoms with Crippen molar-refractivity contribution in [3.63, 3.8) is 0 Å². The van der Waals surface area contributed by atoms with Gasteiger partial charge in [0.2, 0.25) is 0 Å². The Morgan fingerprint density at radius 2 is 1.40 bits per heavy atom. The van der Waals surface area contributed by atoms with E-state index in [0.29, 0.717) is 23.1 Å². The molecule has 248 valence electrons. The van der Waals surface area contributed by atoms with E-state index in [1.807, 2.05) is 26.8 Å². The average molecular weight is 651 g/mol. The van der Waals surface area contributed by atoms with E-state index in [2.05, 4.69) is 0 Å². The molecule has 48 heavy (non-hydrogen) atoms. The van der Waals surface area contributed by atoms with E-state index >= 15 is 0 Å². The van der Waals surface area contributed by atoms with Gasteiger partial charge >= 0.3 is 0 Å². The summed E-state index contributed by atoms with van der Waals surface area (Å²) in [6, 6.07) is 13.6. The molecule has 1 aliphatic carbocycles. The van der Waals surface area contributed by atoms with Gasteiger partial charge in [-0.15, -0.1) is 0 Å². The zero-order chi connectivity index (χ0) is 34.9. The highest BCUT2D eigenvalue weighted by Crippen LogP contribution is 2.53. The van der Waals surface area contributed by atoms with Crippen LogP contribution in [0.3, 0.4) is 0 Å². The summed E-state index contributed by atoms with van der Waals surface area (Å²) in [6.45, 7) is 5.58. The molecule has 0 fully saturated rings.